The lowest BCUT2D eigenvalue weighted by atomic mass is 9.74. The fourth-order valence-corrected chi connectivity index (χ4v) is 10.9. The SMILES string of the molecule is CC1(C)OB(c2ccccc2-c2ccccc2)OC1(C)C.c1ccc(-c2ccccc2-c2c3ccccc3c(-c3ccc(N(c4ccccc4)c4ccccc4)cc3)c3c4ccccc4c4ccccc4c23)cc1. The Bertz CT molecular complexity index is 3900. The molecule has 356 valence electrons. The van der Waals surface area contributed by atoms with Crippen molar-refractivity contribution in [3.63, 3.8) is 0 Å². The summed E-state index contributed by atoms with van der Waals surface area (Å²) in [6.07, 6.45) is 0. The van der Waals surface area contributed by atoms with Crippen LogP contribution in [0.1, 0.15) is 27.7 Å². The quantitative estimate of drug-likeness (QED) is 0.0861. The first-order valence-corrected chi connectivity index (χ1v) is 25.7. The van der Waals surface area contributed by atoms with E-state index >= 15 is 0 Å². The van der Waals surface area contributed by atoms with Crippen molar-refractivity contribution in [2.45, 2.75) is 38.9 Å². The van der Waals surface area contributed by atoms with Gasteiger partial charge in [-0.1, -0.05) is 231 Å². The van der Waals surface area contributed by atoms with E-state index in [1.165, 1.54) is 82.0 Å². The van der Waals surface area contributed by atoms with Gasteiger partial charge in [0.15, 0.2) is 0 Å². The molecule has 0 amide bonds. The maximum absolute atomic E-state index is 6.19. The van der Waals surface area contributed by atoms with Crippen molar-refractivity contribution >= 4 is 72.7 Å². The van der Waals surface area contributed by atoms with E-state index in [1.807, 2.05) is 12.1 Å². The summed E-state index contributed by atoms with van der Waals surface area (Å²) in [4.78, 5) is 2.33. The Morgan fingerprint density at radius 1 is 0.284 bits per heavy atom. The predicted octanol–water partition coefficient (Wildman–Crippen LogP) is 18.4. The Kier molecular flexibility index (Phi) is 12.2. The summed E-state index contributed by atoms with van der Waals surface area (Å²) in [7, 11) is -0.327. The first-order chi connectivity index (χ1) is 36.3. The van der Waals surface area contributed by atoms with Crippen molar-refractivity contribution < 1.29 is 9.31 Å². The molecule has 3 nitrogen and oxygen atoms in total. The van der Waals surface area contributed by atoms with Crippen LogP contribution in [0.25, 0.3) is 87.6 Å². The number of rotatable bonds is 8. The van der Waals surface area contributed by atoms with Crippen LogP contribution in [0.15, 0.2) is 267 Å². The van der Waals surface area contributed by atoms with Gasteiger partial charge in [0.05, 0.1) is 11.2 Å². The Morgan fingerprint density at radius 3 is 1.15 bits per heavy atom. The van der Waals surface area contributed by atoms with Gasteiger partial charge in [-0.2, -0.15) is 0 Å². The fourth-order valence-electron chi connectivity index (χ4n) is 10.9. The summed E-state index contributed by atoms with van der Waals surface area (Å²) in [5, 5.41) is 10.1. The van der Waals surface area contributed by atoms with E-state index in [1.54, 1.807) is 0 Å². The van der Waals surface area contributed by atoms with E-state index < -0.39 is 0 Å². The van der Waals surface area contributed by atoms with Crippen LogP contribution < -0.4 is 10.4 Å². The summed E-state index contributed by atoms with van der Waals surface area (Å²) in [5.74, 6) is 0. The molecule has 0 spiro atoms. The molecule has 0 unspecified atom stereocenters. The zero-order chi connectivity index (χ0) is 50.2. The summed E-state index contributed by atoms with van der Waals surface area (Å²) in [5.41, 5.74) is 13.6. The molecule has 13 rings (SSSR count). The van der Waals surface area contributed by atoms with E-state index in [9.17, 15) is 0 Å². The lowest BCUT2D eigenvalue weighted by molar-refractivity contribution is 0.00578. The maximum Gasteiger partial charge on any atom is 0.495 e. The molecule has 0 bridgehead atoms. The highest BCUT2D eigenvalue weighted by Crippen LogP contribution is 2.51. The van der Waals surface area contributed by atoms with Gasteiger partial charge >= 0.3 is 7.12 Å². The largest absolute Gasteiger partial charge is 0.495 e. The van der Waals surface area contributed by atoms with E-state index in [0.29, 0.717) is 0 Å². The number of para-hydroxylation sites is 2. The van der Waals surface area contributed by atoms with Crippen molar-refractivity contribution in [3.8, 4) is 44.5 Å². The van der Waals surface area contributed by atoms with Crippen LogP contribution in [-0.2, 0) is 9.31 Å². The van der Waals surface area contributed by atoms with Crippen molar-refractivity contribution in [2.75, 3.05) is 4.90 Å². The van der Waals surface area contributed by atoms with Gasteiger partial charge in [0.1, 0.15) is 0 Å². The average molecular weight is 954 g/mol. The number of fused-ring (bicyclic) bond motifs is 7. The average Bonchev–Trinajstić information content (AvgIpc) is 3.69. The number of benzene rings is 12. The molecule has 1 aliphatic heterocycles. The van der Waals surface area contributed by atoms with Crippen molar-refractivity contribution in [2.24, 2.45) is 0 Å². The van der Waals surface area contributed by atoms with Crippen LogP contribution in [0, 0.1) is 0 Å². The van der Waals surface area contributed by atoms with E-state index in [4.69, 9.17) is 9.31 Å². The third-order valence-electron chi connectivity index (χ3n) is 15.2. The first-order valence-electron chi connectivity index (χ1n) is 25.7. The van der Waals surface area contributed by atoms with Gasteiger partial charge in [0.25, 0.3) is 0 Å². The lowest BCUT2D eigenvalue weighted by Gasteiger charge is -2.32. The minimum atomic E-state index is -0.327. The number of nitrogens with zero attached hydrogens (tertiary/aromatic N) is 1. The van der Waals surface area contributed by atoms with Crippen molar-refractivity contribution in [3.05, 3.63) is 267 Å². The van der Waals surface area contributed by atoms with Gasteiger partial charge in [0.2, 0.25) is 0 Å². The van der Waals surface area contributed by atoms with Gasteiger partial charge in [0, 0.05) is 17.1 Å². The van der Waals surface area contributed by atoms with Crippen LogP contribution in [0.3, 0.4) is 0 Å². The number of hydrogen-bond acceptors (Lipinski definition) is 3. The second kappa shape index (κ2) is 19.5. The van der Waals surface area contributed by atoms with Gasteiger partial charge in [-0.05, 0) is 157 Å². The molecular weight excluding hydrogens is 898 g/mol. The maximum atomic E-state index is 6.19. The minimum absolute atomic E-state index is 0.318. The first kappa shape index (κ1) is 46.5. The van der Waals surface area contributed by atoms with Crippen LogP contribution >= 0.6 is 0 Å². The third kappa shape index (κ3) is 8.42. The standard InChI is InChI=1S/C52H35N.C18H21BO2/c1-4-18-36(19-5-1)41-24-10-13-27-44(41)50-48-31-17-16-30-47(48)49(51-45-28-14-11-25-42(45)43-26-12-15-29-46(43)52(50)51)37-32-34-40(35-33-37)53(38-20-6-2-7-21-38)39-22-8-3-9-23-39;1-17(2)18(3,4)21-19(20-17)16-13-9-8-12-15(16)14-10-6-5-7-11-14/h1-35H;5-13H,1-4H3. The molecule has 1 fully saturated rings. The van der Waals surface area contributed by atoms with E-state index in [2.05, 4.69) is 287 Å². The zero-order valence-corrected chi connectivity index (χ0v) is 42.2. The molecule has 1 heterocycles. The molecule has 12 aromatic carbocycles. The molecule has 0 aliphatic carbocycles. The van der Waals surface area contributed by atoms with Gasteiger partial charge < -0.3 is 14.2 Å². The molecule has 74 heavy (non-hydrogen) atoms. The number of hydrogen-bond donors (Lipinski definition) is 0. The molecule has 1 aliphatic rings. The minimum Gasteiger partial charge on any atom is -0.399 e. The molecular formula is C70H56BNO2. The number of anilines is 3. The summed E-state index contributed by atoms with van der Waals surface area (Å²) < 4.78 is 12.4. The normalized spacial score (nSPS) is 13.8. The predicted molar refractivity (Wildman–Crippen MR) is 315 cm³/mol. The summed E-state index contributed by atoms with van der Waals surface area (Å²) >= 11 is 0. The molecule has 0 N–H and O–H groups in total. The second-order valence-electron chi connectivity index (χ2n) is 20.1. The molecule has 0 aromatic heterocycles. The second-order valence-corrected chi connectivity index (χ2v) is 20.1. The molecule has 0 atom stereocenters. The van der Waals surface area contributed by atoms with Gasteiger partial charge in [-0.15, -0.1) is 0 Å². The van der Waals surface area contributed by atoms with Gasteiger partial charge in [-0.3, -0.25) is 0 Å². The van der Waals surface area contributed by atoms with Crippen LogP contribution in [0.4, 0.5) is 17.1 Å². The Labute approximate surface area is 435 Å². The topological polar surface area (TPSA) is 21.7 Å². The Balaban J connectivity index is 0.000000221. The van der Waals surface area contributed by atoms with Crippen molar-refractivity contribution in [1.82, 2.24) is 0 Å². The highest BCUT2D eigenvalue weighted by Gasteiger charge is 2.52. The summed E-state index contributed by atoms with van der Waals surface area (Å²) in [6.45, 7) is 8.33. The third-order valence-corrected chi connectivity index (χ3v) is 15.2. The summed E-state index contributed by atoms with van der Waals surface area (Å²) in [6, 6.07) is 95.8. The highest BCUT2D eigenvalue weighted by atomic mass is 16.7. The van der Waals surface area contributed by atoms with E-state index in [-0.39, 0.29) is 18.3 Å². The monoisotopic (exact) mass is 953 g/mol. The zero-order valence-electron chi connectivity index (χ0n) is 42.2. The molecule has 0 saturated carbocycles. The van der Waals surface area contributed by atoms with Crippen LogP contribution in [0.2, 0.25) is 0 Å². The smallest absolute Gasteiger partial charge is 0.399 e. The molecule has 12 aromatic rings. The fraction of sp³-hybridized carbons (Fsp3) is 0.0857. The molecule has 1 saturated heterocycles. The van der Waals surface area contributed by atoms with Crippen LogP contribution in [0.5, 0.6) is 0 Å². The highest BCUT2D eigenvalue weighted by molar-refractivity contribution is 6.63. The molecule has 0 radical (unpaired) electrons. The lowest BCUT2D eigenvalue weighted by Crippen LogP contribution is -2.41. The Hall–Kier alpha value is -8.54. The van der Waals surface area contributed by atoms with E-state index in [0.717, 1.165) is 28.1 Å². The molecule has 4 heteroatoms. The Morgan fingerprint density at radius 2 is 0.635 bits per heavy atom. The van der Waals surface area contributed by atoms with Crippen LogP contribution in [-0.4, -0.2) is 18.3 Å². The van der Waals surface area contributed by atoms with Crippen molar-refractivity contribution in [1.29, 1.82) is 0 Å². The van der Waals surface area contributed by atoms with Gasteiger partial charge in [-0.25, -0.2) is 0 Å².